The molecular formula is C18H21FN4O2. The molecule has 0 bridgehead atoms. The number of rotatable bonds is 4. The molecule has 1 aliphatic heterocycles. The van der Waals surface area contributed by atoms with Gasteiger partial charge in [0.1, 0.15) is 11.9 Å². The Bertz CT molecular complexity index is 743. The molecule has 1 amide bonds. The van der Waals surface area contributed by atoms with Crippen molar-refractivity contribution in [1.29, 1.82) is 0 Å². The number of carbonyl (C=O) groups is 1. The molecule has 1 N–H and O–H groups in total. The lowest BCUT2D eigenvalue weighted by atomic mass is 10.1. The number of benzene rings is 1. The van der Waals surface area contributed by atoms with Gasteiger partial charge in [0.25, 0.3) is 5.91 Å². The van der Waals surface area contributed by atoms with Crippen LogP contribution in [-0.4, -0.2) is 47.0 Å². The van der Waals surface area contributed by atoms with Crippen LogP contribution in [0.4, 0.5) is 10.1 Å². The Morgan fingerprint density at radius 3 is 2.60 bits per heavy atom. The van der Waals surface area contributed by atoms with Crippen molar-refractivity contribution in [2.45, 2.75) is 25.9 Å². The number of likely N-dealkylation sites (tertiary alicyclic amines) is 1. The predicted molar refractivity (Wildman–Crippen MR) is 92.3 cm³/mol. The normalized spacial score (nSPS) is 15.8. The molecule has 0 saturated carbocycles. The van der Waals surface area contributed by atoms with Gasteiger partial charge >= 0.3 is 0 Å². The average Bonchev–Trinajstić information content (AvgIpc) is 2.60. The van der Waals surface area contributed by atoms with E-state index in [-0.39, 0.29) is 17.6 Å². The molecule has 1 fully saturated rings. The molecule has 0 atom stereocenters. The molecule has 2 aromatic rings. The van der Waals surface area contributed by atoms with Gasteiger partial charge in [0.2, 0.25) is 5.82 Å². The maximum absolute atomic E-state index is 13.8. The van der Waals surface area contributed by atoms with E-state index in [2.05, 4.69) is 27.2 Å². The molecule has 0 unspecified atom stereocenters. The van der Waals surface area contributed by atoms with Crippen molar-refractivity contribution in [2.75, 3.05) is 25.5 Å². The first-order valence-electron chi connectivity index (χ1n) is 8.26. The fourth-order valence-corrected chi connectivity index (χ4v) is 2.69. The quantitative estimate of drug-likeness (QED) is 0.924. The number of aryl methyl sites for hydroxylation is 1. The Morgan fingerprint density at radius 1 is 1.28 bits per heavy atom. The van der Waals surface area contributed by atoms with Crippen LogP contribution in [0.5, 0.6) is 5.75 Å². The molecule has 0 aliphatic carbocycles. The minimum Gasteiger partial charge on any atom is -0.487 e. The number of aromatic nitrogens is 2. The third-order valence-corrected chi connectivity index (χ3v) is 4.17. The molecule has 6 nitrogen and oxygen atoms in total. The minimum atomic E-state index is -0.561. The first-order valence-corrected chi connectivity index (χ1v) is 8.26. The highest BCUT2D eigenvalue weighted by Crippen LogP contribution is 2.18. The fourth-order valence-electron chi connectivity index (χ4n) is 2.69. The zero-order valence-electron chi connectivity index (χ0n) is 14.3. The van der Waals surface area contributed by atoms with Gasteiger partial charge in [-0.2, -0.15) is 0 Å². The van der Waals surface area contributed by atoms with Gasteiger partial charge < -0.3 is 15.0 Å². The standard InChI is InChI=1S/C18H21FN4O2/c1-12-3-4-16(15(19)9-12)22-18(24)17-20-10-14(11-21-17)25-13-5-7-23(2)8-6-13/h3-4,9-11,13H,5-8H2,1-2H3,(H,22,24). The summed E-state index contributed by atoms with van der Waals surface area (Å²) in [5, 5.41) is 2.47. The van der Waals surface area contributed by atoms with Gasteiger partial charge in [-0.15, -0.1) is 0 Å². The van der Waals surface area contributed by atoms with E-state index in [1.165, 1.54) is 24.5 Å². The Labute approximate surface area is 146 Å². The zero-order chi connectivity index (χ0) is 17.8. The molecular weight excluding hydrogens is 323 g/mol. The number of piperidine rings is 1. The lowest BCUT2D eigenvalue weighted by Crippen LogP contribution is -2.35. The lowest BCUT2D eigenvalue weighted by Gasteiger charge is -2.29. The number of nitrogens with one attached hydrogen (secondary N) is 1. The number of hydrogen-bond donors (Lipinski definition) is 1. The topological polar surface area (TPSA) is 67.3 Å². The number of ether oxygens (including phenoxy) is 1. The first-order chi connectivity index (χ1) is 12.0. The number of hydrogen-bond acceptors (Lipinski definition) is 5. The molecule has 132 valence electrons. The predicted octanol–water partition coefficient (Wildman–Crippen LogP) is 2.65. The van der Waals surface area contributed by atoms with E-state index in [9.17, 15) is 9.18 Å². The SMILES string of the molecule is Cc1ccc(NC(=O)c2ncc(OC3CCN(C)CC3)cn2)c(F)c1. The van der Waals surface area contributed by atoms with Gasteiger partial charge in [-0.05, 0) is 44.5 Å². The zero-order valence-corrected chi connectivity index (χ0v) is 14.3. The smallest absolute Gasteiger partial charge is 0.293 e. The molecule has 1 aromatic heterocycles. The Morgan fingerprint density at radius 2 is 1.96 bits per heavy atom. The molecule has 0 spiro atoms. The molecule has 1 saturated heterocycles. The van der Waals surface area contributed by atoms with Crippen molar-refractivity contribution in [3.8, 4) is 5.75 Å². The van der Waals surface area contributed by atoms with Gasteiger partial charge in [-0.3, -0.25) is 4.79 Å². The largest absolute Gasteiger partial charge is 0.487 e. The summed E-state index contributed by atoms with van der Waals surface area (Å²) in [5.74, 6) is -0.549. The van der Waals surface area contributed by atoms with Crippen molar-refractivity contribution in [2.24, 2.45) is 0 Å². The van der Waals surface area contributed by atoms with Gasteiger partial charge in [0.15, 0.2) is 5.75 Å². The van der Waals surface area contributed by atoms with Gasteiger partial charge in [-0.1, -0.05) is 6.07 Å². The van der Waals surface area contributed by atoms with E-state index in [0.717, 1.165) is 31.5 Å². The van der Waals surface area contributed by atoms with Crippen molar-refractivity contribution in [3.05, 3.63) is 47.8 Å². The van der Waals surface area contributed by atoms with Crippen LogP contribution >= 0.6 is 0 Å². The Balaban J connectivity index is 1.60. The highest BCUT2D eigenvalue weighted by molar-refractivity contribution is 6.01. The van der Waals surface area contributed by atoms with Crippen molar-refractivity contribution in [3.63, 3.8) is 0 Å². The van der Waals surface area contributed by atoms with Crippen LogP contribution in [0.1, 0.15) is 29.0 Å². The van der Waals surface area contributed by atoms with Crippen LogP contribution < -0.4 is 10.1 Å². The molecule has 1 aliphatic rings. The van der Waals surface area contributed by atoms with E-state index in [0.29, 0.717) is 5.75 Å². The second kappa shape index (κ2) is 7.57. The average molecular weight is 344 g/mol. The molecule has 25 heavy (non-hydrogen) atoms. The second-order valence-electron chi connectivity index (χ2n) is 6.30. The van der Waals surface area contributed by atoms with Crippen molar-refractivity contribution >= 4 is 11.6 Å². The molecule has 2 heterocycles. The monoisotopic (exact) mass is 344 g/mol. The second-order valence-corrected chi connectivity index (χ2v) is 6.30. The van der Waals surface area contributed by atoms with E-state index in [1.54, 1.807) is 13.0 Å². The van der Waals surface area contributed by atoms with Gasteiger partial charge in [0.05, 0.1) is 18.1 Å². The summed E-state index contributed by atoms with van der Waals surface area (Å²) in [6, 6.07) is 4.59. The van der Waals surface area contributed by atoms with E-state index < -0.39 is 11.7 Å². The summed E-state index contributed by atoms with van der Waals surface area (Å²) in [5.41, 5.74) is 0.882. The molecule has 1 aromatic carbocycles. The summed E-state index contributed by atoms with van der Waals surface area (Å²) >= 11 is 0. The van der Waals surface area contributed by atoms with Crippen LogP contribution in [0.25, 0.3) is 0 Å². The lowest BCUT2D eigenvalue weighted by molar-refractivity contribution is 0.101. The van der Waals surface area contributed by atoms with Gasteiger partial charge in [-0.25, -0.2) is 14.4 Å². The third kappa shape index (κ3) is 4.51. The van der Waals surface area contributed by atoms with Crippen LogP contribution in [0.3, 0.4) is 0 Å². The Kier molecular flexibility index (Phi) is 5.23. The first kappa shape index (κ1) is 17.3. The number of amides is 1. The highest BCUT2D eigenvalue weighted by atomic mass is 19.1. The van der Waals surface area contributed by atoms with E-state index in [1.807, 2.05) is 0 Å². The van der Waals surface area contributed by atoms with Crippen molar-refractivity contribution < 1.29 is 13.9 Å². The molecule has 3 rings (SSSR count). The summed E-state index contributed by atoms with van der Waals surface area (Å²) in [6.45, 7) is 3.77. The summed E-state index contributed by atoms with van der Waals surface area (Å²) < 4.78 is 19.6. The number of halogens is 1. The van der Waals surface area contributed by atoms with E-state index >= 15 is 0 Å². The Hall–Kier alpha value is -2.54. The van der Waals surface area contributed by atoms with Crippen molar-refractivity contribution in [1.82, 2.24) is 14.9 Å². The summed E-state index contributed by atoms with van der Waals surface area (Å²) in [6.07, 6.45) is 5.00. The van der Waals surface area contributed by atoms with Crippen LogP contribution in [-0.2, 0) is 0 Å². The number of carbonyl (C=O) groups excluding carboxylic acids is 1. The van der Waals surface area contributed by atoms with Crippen LogP contribution in [0.15, 0.2) is 30.6 Å². The van der Waals surface area contributed by atoms with Crippen LogP contribution in [0.2, 0.25) is 0 Å². The fraction of sp³-hybridized carbons (Fsp3) is 0.389. The molecule has 0 radical (unpaired) electrons. The summed E-state index contributed by atoms with van der Waals surface area (Å²) in [7, 11) is 2.09. The maximum atomic E-state index is 13.8. The van der Waals surface area contributed by atoms with Gasteiger partial charge in [0, 0.05) is 13.1 Å². The van der Waals surface area contributed by atoms with E-state index in [4.69, 9.17) is 4.74 Å². The number of nitrogens with zero attached hydrogens (tertiary/aromatic N) is 3. The summed E-state index contributed by atoms with van der Waals surface area (Å²) in [4.78, 5) is 22.4. The molecule has 7 heteroatoms. The number of anilines is 1. The van der Waals surface area contributed by atoms with Crippen LogP contribution in [0, 0.1) is 12.7 Å². The third-order valence-electron chi connectivity index (χ3n) is 4.17. The maximum Gasteiger partial charge on any atom is 0.293 e. The highest BCUT2D eigenvalue weighted by Gasteiger charge is 2.19. The minimum absolute atomic E-state index is 0.0318.